The molecule has 0 spiro atoms. The minimum absolute atomic E-state index is 0.0357. The number of methoxy groups -OCH3 is 2. The molecule has 0 aliphatic carbocycles. The van der Waals surface area contributed by atoms with E-state index >= 15 is 0 Å². The van der Waals surface area contributed by atoms with Gasteiger partial charge in [0.15, 0.2) is 17.5 Å². The molecule has 2 aromatic carbocycles. The van der Waals surface area contributed by atoms with E-state index in [1.807, 2.05) is 58.2 Å². The molecule has 0 aromatic heterocycles. The maximum atomic E-state index is 12.6. The molecule has 0 saturated heterocycles. The number of anilines is 1. The molecule has 5 nitrogen and oxygen atoms in total. The number of carbonyl (C=O) groups excluding carboxylic acids is 1. The van der Waals surface area contributed by atoms with E-state index in [1.165, 1.54) is 0 Å². The lowest BCUT2D eigenvalue weighted by Gasteiger charge is -2.22. The second-order valence-corrected chi connectivity index (χ2v) is 7.07. The Morgan fingerprint density at radius 3 is 2.44 bits per heavy atom. The standard InChI is InChI=1S/C22H30N2O3/c1-15-7-8-16(2)19(13-15)23-22(25)17(3)24(4)12-11-18-9-10-20(26-5)21(14-18)27-6/h7-10,13-14,17H,11-12H2,1-6H3,(H,23,25)/p+1/t17-/m0/s1. The van der Waals surface area contributed by atoms with Gasteiger partial charge in [-0.15, -0.1) is 0 Å². The van der Waals surface area contributed by atoms with Crippen molar-refractivity contribution in [3.05, 3.63) is 53.1 Å². The number of quaternary nitrogens is 1. The smallest absolute Gasteiger partial charge is 0.282 e. The van der Waals surface area contributed by atoms with Gasteiger partial charge in [0.25, 0.3) is 5.91 Å². The van der Waals surface area contributed by atoms with E-state index in [9.17, 15) is 4.79 Å². The Balaban J connectivity index is 1.95. The Morgan fingerprint density at radius 1 is 1.07 bits per heavy atom. The third-order valence-electron chi connectivity index (χ3n) is 5.04. The van der Waals surface area contributed by atoms with Crippen molar-refractivity contribution in [2.24, 2.45) is 0 Å². The number of ether oxygens (including phenoxy) is 2. The summed E-state index contributed by atoms with van der Waals surface area (Å²) in [6.45, 7) is 6.84. The van der Waals surface area contributed by atoms with Crippen LogP contribution in [0.5, 0.6) is 11.5 Å². The number of aryl methyl sites for hydroxylation is 2. The van der Waals surface area contributed by atoms with Crippen LogP contribution in [0.1, 0.15) is 23.6 Å². The van der Waals surface area contributed by atoms with E-state index in [-0.39, 0.29) is 11.9 Å². The average molecular weight is 372 g/mol. The van der Waals surface area contributed by atoms with Gasteiger partial charge in [-0.2, -0.15) is 0 Å². The molecule has 2 aromatic rings. The van der Waals surface area contributed by atoms with Crippen molar-refractivity contribution in [3.63, 3.8) is 0 Å². The van der Waals surface area contributed by atoms with Crippen LogP contribution in [0.2, 0.25) is 0 Å². The molecule has 1 amide bonds. The maximum absolute atomic E-state index is 12.6. The van der Waals surface area contributed by atoms with Crippen LogP contribution in [-0.4, -0.2) is 39.8 Å². The summed E-state index contributed by atoms with van der Waals surface area (Å²) in [5, 5.41) is 3.07. The van der Waals surface area contributed by atoms with Crippen molar-refractivity contribution < 1.29 is 19.2 Å². The Kier molecular flexibility index (Phi) is 7.25. The van der Waals surface area contributed by atoms with Crippen molar-refractivity contribution in [2.45, 2.75) is 33.2 Å². The van der Waals surface area contributed by atoms with Crippen molar-refractivity contribution in [2.75, 3.05) is 33.1 Å². The summed E-state index contributed by atoms with van der Waals surface area (Å²) in [5.41, 5.74) is 4.26. The lowest BCUT2D eigenvalue weighted by Crippen LogP contribution is -3.14. The van der Waals surface area contributed by atoms with E-state index in [1.54, 1.807) is 14.2 Å². The van der Waals surface area contributed by atoms with Gasteiger partial charge in [0.1, 0.15) is 0 Å². The summed E-state index contributed by atoms with van der Waals surface area (Å²) in [4.78, 5) is 13.8. The lowest BCUT2D eigenvalue weighted by molar-refractivity contribution is -0.893. The summed E-state index contributed by atoms with van der Waals surface area (Å²) in [6.07, 6.45) is 0.854. The number of hydrogen-bond acceptors (Lipinski definition) is 3. The van der Waals surface area contributed by atoms with E-state index in [4.69, 9.17) is 9.47 Å². The zero-order valence-corrected chi connectivity index (χ0v) is 17.2. The molecular formula is C22H31N2O3+. The fourth-order valence-corrected chi connectivity index (χ4v) is 2.93. The zero-order chi connectivity index (χ0) is 20.0. The van der Waals surface area contributed by atoms with Crippen molar-refractivity contribution in [1.29, 1.82) is 0 Å². The quantitative estimate of drug-likeness (QED) is 0.749. The van der Waals surface area contributed by atoms with E-state index < -0.39 is 0 Å². The highest BCUT2D eigenvalue weighted by atomic mass is 16.5. The van der Waals surface area contributed by atoms with Crippen molar-refractivity contribution in [3.8, 4) is 11.5 Å². The normalized spacial score (nSPS) is 13.0. The Morgan fingerprint density at radius 2 is 1.78 bits per heavy atom. The number of benzene rings is 2. The van der Waals surface area contributed by atoms with Gasteiger partial charge in [0, 0.05) is 12.1 Å². The topological polar surface area (TPSA) is 52.0 Å². The van der Waals surface area contributed by atoms with E-state index in [0.29, 0.717) is 0 Å². The summed E-state index contributed by atoms with van der Waals surface area (Å²) in [5.74, 6) is 1.49. The predicted octanol–water partition coefficient (Wildman–Crippen LogP) is 2.41. The molecule has 27 heavy (non-hydrogen) atoms. The van der Waals surface area contributed by atoms with Crippen LogP contribution in [0, 0.1) is 13.8 Å². The van der Waals surface area contributed by atoms with Crippen LogP contribution >= 0.6 is 0 Å². The van der Waals surface area contributed by atoms with Gasteiger partial charge in [0.05, 0.1) is 27.8 Å². The lowest BCUT2D eigenvalue weighted by atomic mass is 10.1. The SMILES string of the molecule is COc1ccc(CC[NH+](C)[C@@H](C)C(=O)Nc2cc(C)ccc2C)cc1OC. The summed E-state index contributed by atoms with van der Waals surface area (Å²) in [7, 11) is 5.32. The Bertz CT molecular complexity index is 789. The molecule has 1 unspecified atom stereocenters. The molecule has 146 valence electrons. The van der Waals surface area contributed by atoms with Gasteiger partial charge < -0.3 is 19.7 Å². The summed E-state index contributed by atoms with van der Waals surface area (Å²) >= 11 is 0. The van der Waals surface area contributed by atoms with Gasteiger partial charge in [0.2, 0.25) is 0 Å². The maximum Gasteiger partial charge on any atom is 0.282 e. The number of carbonyl (C=O) groups is 1. The third kappa shape index (κ3) is 5.47. The van der Waals surface area contributed by atoms with Gasteiger partial charge in [-0.3, -0.25) is 4.79 Å². The van der Waals surface area contributed by atoms with Crippen LogP contribution < -0.4 is 19.7 Å². The first-order chi connectivity index (χ1) is 12.8. The van der Waals surface area contributed by atoms with Crippen molar-refractivity contribution in [1.82, 2.24) is 0 Å². The van der Waals surface area contributed by atoms with Gasteiger partial charge >= 0.3 is 0 Å². The largest absolute Gasteiger partial charge is 0.493 e. The fraction of sp³-hybridized carbons (Fsp3) is 0.409. The second kappa shape index (κ2) is 9.42. The van der Waals surface area contributed by atoms with Gasteiger partial charge in [-0.05, 0) is 55.7 Å². The highest BCUT2D eigenvalue weighted by molar-refractivity contribution is 5.94. The Hall–Kier alpha value is -2.53. The third-order valence-corrected chi connectivity index (χ3v) is 5.04. The number of amides is 1. The number of rotatable bonds is 8. The minimum atomic E-state index is -0.148. The molecule has 0 fully saturated rings. The van der Waals surface area contributed by atoms with Crippen LogP contribution in [0.25, 0.3) is 0 Å². The number of hydrogen-bond donors (Lipinski definition) is 2. The summed E-state index contributed by atoms with van der Waals surface area (Å²) < 4.78 is 10.6. The van der Waals surface area contributed by atoms with Crippen LogP contribution in [-0.2, 0) is 11.2 Å². The molecule has 2 atom stereocenters. The molecule has 0 aliphatic heterocycles. The summed E-state index contributed by atoms with van der Waals surface area (Å²) in [6, 6.07) is 11.9. The highest BCUT2D eigenvalue weighted by Crippen LogP contribution is 2.27. The van der Waals surface area contributed by atoms with Crippen LogP contribution in [0.15, 0.2) is 36.4 Å². The molecule has 0 aliphatic rings. The molecular weight excluding hydrogens is 340 g/mol. The van der Waals surface area contributed by atoms with Gasteiger partial charge in [-0.25, -0.2) is 0 Å². The first-order valence-corrected chi connectivity index (χ1v) is 9.27. The van der Waals surface area contributed by atoms with E-state index in [2.05, 4.69) is 11.4 Å². The monoisotopic (exact) mass is 371 g/mol. The Labute approximate surface area is 162 Å². The van der Waals surface area contributed by atoms with Crippen molar-refractivity contribution >= 4 is 11.6 Å². The molecule has 0 heterocycles. The molecule has 0 bridgehead atoms. The average Bonchev–Trinajstić information content (AvgIpc) is 2.67. The molecule has 2 rings (SSSR count). The first kappa shape index (κ1) is 20.8. The molecule has 5 heteroatoms. The molecule has 0 radical (unpaired) electrons. The predicted molar refractivity (Wildman–Crippen MR) is 109 cm³/mol. The minimum Gasteiger partial charge on any atom is -0.493 e. The van der Waals surface area contributed by atoms with Crippen LogP contribution in [0.3, 0.4) is 0 Å². The first-order valence-electron chi connectivity index (χ1n) is 9.27. The molecule has 0 saturated carbocycles. The number of nitrogens with one attached hydrogen (secondary N) is 2. The number of likely N-dealkylation sites (N-methyl/N-ethyl adjacent to an activating group) is 1. The highest BCUT2D eigenvalue weighted by Gasteiger charge is 2.22. The van der Waals surface area contributed by atoms with Gasteiger partial charge in [-0.1, -0.05) is 18.2 Å². The second-order valence-electron chi connectivity index (χ2n) is 7.07. The zero-order valence-electron chi connectivity index (χ0n) is 17.2. The molecule has 2 N–H and O–H groups in total. The fourth-order valence-electron chi connectivity index (χ4n) is 2.93. The van der Waals surface area contributed by atoms with Crippen LogP contribution in [0.4, 0.5) is 5.69 Å². The van der Waals surface area contributed by atoms with E-state index in [0.717, 1.165) is 51.7 Å².